The van der Waals surface area contributed by atoms with Crippen molar-refractivity contribution in [3.05, 3.63) is 35.5 Å². The van der Waals surface area contributed by atoms with Gasteiger partial charge in [-0.25, -0.2) is 9.69 Å². The van der Waals surface area contributed by atoms with Crippen molar-refractivity contribution in [1.29, 1.82) is 0 Å². The number of nitrogens with one attached hydrogen (secondary N) is 2. The number of rotatable bonds is 5. The van der Waals surface area contributed by atoms with E-state index in [1.165, 1.54) is 4.90 Å². The molecule has 160 valence electrons. The standard InChI is InChI=1S/C23H30N4O3/c1-13(2)12-24-20(28)18(14(3)4)27-21(29)23(5)19-16(10-11-26(23)22(27)30)15-8-6-7-9-17(15)25-19/h6-9,13-14,18,25H,10-12H2,1-5H3,(H,24,28)/t18-,23-/m0/s1. The van der Waals surface area contributed by atoms with Gasteiger partial charge in [-0.15, -0.1) is 0 Å². The molecule has 2 N–H and O–H groups in total. The Balaban J connectivity index is 1.76. The molecule has 2 aliphatic heterocycles. The number of carbonyl (C=O) groups is 3. The number of fused-ring (bicyclic) bond motifs is 5. The highest BCUT2D eigenvalue weighted by Crippen LogP contribution is 2.45. The Kier molecular flexibility index (Phi) is 4.87. The van der Waals surface area contributed by atoms with Crippen LogP contribution in [0.25, 0.3) is 10.9 Å². The number of carbonyl (C=O) groups excluding carboxylic acids is 3. The fourth-order valence-electron chi connectivity index (χ4n) is 4.79. The van der Waals surface area contributed by atoms with E-state index in [1.807, 2.05) is 52.0 Å². The minimum atomic E-state index is -1.13. The van der Waals surface area contributed by atoms with Gasteiger partial charge in [-0.2, -0.15) is 0 Å². The van der Waals surface area contributed by atoms with Crippen LogP contribution in [0, 0.1) is 11.8 Å². The quantitative estimate of drug-likeness (QED) is 0.743. The summed E-state index contributed by atoms with van der Waals surface area (Å²) < 4.78 is 0. The second-order valence-electron chi connectivity index (χ2n) is 9.28. The predicted molar refractivity (Wildman–Crippen MR) is 115 cm³/mol. The molecule has 2 aromatic rings. The van der Waals surface area contributed by atoms with Gasteiger partial charge in [-0.05, 0) is 36.8 Å². The number of imide groups is 1. The van der Waals surface area contributed by atoms with Crippen molar-refractivity contribution in [3.63, 3.8) is 0 Å². The lowest BCUT2D eigenvalue weighted by Crippen LogP contribution is -2.53. The van der Waals surface area contributed by atoms with Crippen molar-refractivity contribution < 1.29 is 14.4 Å². The van der Waals surface area contributed by atoms with E-state index < -0.39 is 11.6 Å². The largest absolute Gasteiger partial charge is 0.356 e. The molecule has 1 aromatic carbocycles. The summed E-state index contributed by atoms with van der Waals surface area (Å²) in [5.74, 6) is -0.527. The molecule has 3 heterocycles. The van der Waals surface area contributed by atoms with Crippen LogP contribution in [0.3, 0.4) is 0 Å². The molecular formula is C23H30N4O3. The first-order valence-corrected chi connectivity index (χ1v) is 10.7. The zero-order valence-corrected chi connectivity index (χ0v) is 18.3. The van der Waals surface area contributed by atoms with Crippen LogP contribution in [-0.4, -0.2) is 51.8 Å². The zero-order chi connectivity index (χ0) is 21.8. The maximum absolute atomic E-state index is 13.8. The summed E-state index contributed by atoms with van der Waals surface area (Å²) in [6, 6.07) is 6.73. The molecule has 0 radical (unpaired) electrons. The van der Waals surface area contributed by atoms with E-state index in [1.54, 1.807) is 11.8 Å². The molecule has 0 saturated carbocycles. The molecule has 0 spiro atoms. The molecule has 1 saturated heterocycles. The van der Waals surface area contributed by atoms with E-state index >= 15 is 0 Å². The van der Waals surface area contributed by atoms with Gasteiger partial charge >= 0.3 is 6.03 Å². The van der Waals surface area contributed by atoms with E-state index in [0.29, 0.717) is 19.5 Å². The summed E-state index contributed by atoms with van der Waals surface area (Å²) in [7, 11) is 0. The first-order valence-electron chi connectivity index (χ1n) is 10.7. The molecule has 0 bridgehead atoms. The van der Waals surface area contributed by atoms with Gasteiger partial charge < -0.3 is 15.2 Å². The fraction of sp³-hybridized carbons (Fsp3) is 0.522. The van der Waals surface area contributed by atoms with E-state index in [2.05, 4.69) is 10.3 Å². The highest BCUT2D eigenvalue weighted by molar-refractivity contribution is 6.11. The maximum Gasteiger partial charge on any atom is 0.328 e. The molecule has 4 amide bonds. The molecule has 2 aliphatic rings. The molecule has 30 heavy (non-hydrogen) atoms. The molecular weight excluding hydrogens is 380 g/mol. The number of hydrogen-bond donors (Lipinski definition) is 2. The number of aromatic nitrogens is 1. The Morgan fingerprint density at radius 2 is 1.90 bits per heavy atom. The van der Waals surface area contributed by atoms with Gasteiger partial charge in [0.2, 0.25) is 5.91 Å². The second kappa shape index (κ2) is 7.15. The lowest BCUT2D eigenvalue weighted by Gasteiger charge is -2.36. The molecule has 4 rings (SSSR count). The Morgan fingerprint density at radius 3 is 2.57 bits per heavy atom. The topological polar surface area (TPSA) is 85.5 Å². The van der Waals surface area contributed by atoms with Crippen LogP contribution in [0.2, 0.25) is 0 Å². The van der Waals surface area contributed by atoms with E-state index in [0.717, 1.165) is 22.2 Å². The summed E-state index contributed by atoms with van der Waals surface area (Å²) in [6.45, 7) is 10.5. The lowest BCUT2D eigenvalue weighted by molar-refractivity contribution is -0.140. The average Bonchev–Trinajstić information content (AvgIpc) is 3.16. The minimum absolute atomic E-state index is 0.197. The first kappa shape index (κ1) is 20.4. The van der Waals surface area contributed by atoms with Crippen LogP contribution < -0.4 is 5.32 Å². The SMILES string of the molecule is CC(C)CNC(=O)[C@H](C(C)C)N1C(=O)N2CCc3c([nH]c4ccccc34)[C@@]2(C)C1=O. The van der Waals surface area contributed by atoms with Crippen molar-refractivity contribution in [2.75, 3.05) is 13.1 Å². The molecule has 0 aliphatic carbocycles. The summed E-state index contributed by atoms with van der Waals surface area (Å²) in [4.78, 5) is 46.4. The summed E-state index contributed by atoms with van der Waals surface area (Å²) in [5, 5.41) is 3.99. The highest BCUT2D eigenvalue weighted by Gasteiger charge is 2.61. The van der Waals surface area contributed by atoms with Gasteiger partial charge in [0.1, 0.15) is 6.04 Å². The van der Waals surface area contributed by atoms with Gasteiger partial charge in [0.25, 0.3) is 5.91 Å². The number of urea groups is 1. The Hall–Kier alpha value is -2.83. The van der Waals surface area contributed by atoms with Crippen LogP contribution in [0.4, 0.5) is 4.79 Å². The minimum Gasteiger partial charge on any atom is -0.356 e. The number of para-hydroxylation sites is 1. The molecule has 7 nitrogen and oxygen atoms in total. The van der Waals surface area contributed by atoms with Crippen LogP contribution in [0.5, 0.6) is 0 Å². The molecule has 1 fully saturated rings. The fourth-order valence-corrected chi connectivity index (χ4v) is 4.79. The molecule has 0 unspecified atom stereocenters. The number of H-pyrrole nitrogens is 1. The van der Waals surface area contributed by atoms with Crippen LogP contribution in [0.15, 0.2) is 24.3 Å². The van der Waals surface area contributed by atoms with Crippen molar-refractivity contribution in [2.45, 2.75) is 52.6 Å². The third-order valence-electron chi connectivity index (χ3n) is 6.36. The third-order valence-corrected chi connectivity index (χ3v) is 6.36. The van der Waals surface area contributed by atoms with Crippen molar-refractivity contribution in [3.8, 4) is 0 Å². The summed E-state index contributed by atoms with van der Waals surface area (Å²) in [5.41, 5.74) is 1.67. The molecule has 1 aromatic heterocycles. The summed E-state index contributed by atoms with van der Waals surface area (Å²) in [6.07, 6.45) is 0.674. The number of aromatic amines is 1. The van der Waals surface area contributed by atoms with Crippen molar-refractivity contribution in [2.24, 2.45) is 11.8 Å². The van der Waals surface area contributed by atoms with Crippen molar-refractivity contribution in [1.82, 2.24) is 20.1 Å². The van der Waals surface area contributed by atoms with Gasteiger partial charge in [-0.3, -0.25) is 9.59 Å². The van der Waals surface area contributed by atoms with Gasteiger partial charge in [-0.1, -0.05) is 45.9 Å². The monoisotopic (exact) mass is 410 g/mol. The van der Waals surface area contributed by atoms with Crippen molar-refractivity contribution >= 4 is 28.7 Å². The van der Waals surface area contributed by atoms with Gasteiger partial charge in [0, 0.05) is 24.0 Å². The number of hydrogen-bond acceptors (Lipinski definition) is 3. The first-order chi connectivity index (χ1) is 14.2. The van der Waals surface area contributed by atoms with Gasteiger partial charge in [0.15, 0.2) is 5.54 Å². The Bertz CT molecular complexity index is 1020. The number of nitrogens with zero attached hydrogens (tertiary/aromatic N) is 2. The van der Waals surface area contributed by atoms with E-state index in [9.17, 15) is 14.4 Å². The van der Waals surface area contributed by atoms with E-state index in [-0.39, 0.29) is 29.7 Å². The normalized spacial score (nSPS) is 22.1. The lowest BCUT2D eigenvalue weighted by atomic mass is 9.86. The Labute approximate surface area is 176 Å². The smallest absolute Gasteiger partial charge is 0.328 e. The second-order valence-corrected chi connectivity index (χ2v) is 9.28. The maximum atomic E-state index is 13.8. The zero-order valence-electron chi connectivity index (χ0n) is 18.3. The Morgan fingerprint density at radius 1 is 1.20 bits per heavy atom. The number of benzene rings is 1. The van der Waals surface area contributed by atoms with Crippen LogP contribution in [-0.2, 0) is 21.5 Å². The van der Waals surface area contributed by atoms with Crippen LogP contribution in [0.1, 0.15) is 45.9 Å². The van der Waals surface area contributed by atoms with Gasteiger partial charge in [0.05, 0.1) is 5.69 Å². The molecule has 7 heteroatoms. The third kappa shape index (κ3) is 2.82. The number of amides is 4. The van der Waals surface area contributed by atoms with E-state index in [4.69, 9.17) is 0 Å². The molecule has 2 atom stereocenters. The average molecular weight is 411 g/mol. The summed E-state index contributed by atoms with van der Waals surface area (Å²) >= 11 is 0. The predicted octanol–water partition coefficient (Wildman–Crippen LogP) is 3.00. The highest BCUT2D eigenvalue weighted by atomic mass is 16.2. The van der Waals surface area contributed by atoms with Crippen LogP contribution >= 0.6 is 0 Å².